The standard InChI is InChI=1S/C19H18N2O6/c1-24-19(23)11-25-15-5-2-13(3-6-15)10-20-21-18(22)9-14-4-7-16-17(8-14)27-12-26-16/h2-8,10H,9,11-12H2,1H3,(H,21,22)/b20-10-. The van der Waals surface area contributed by atoms with Crippen LogP contribution in [0, 0.1) is 0 Å². The average molecular weight is 370 g/mol. The number of amides is 1. The third-order valence-corrected chi connectivity index (χ3v) is 3.67. The van der Waals surface area contributed by atoms with Gasteiger partial charge >= 0.3 is 5.97 Å². The number of fused-ring (bicyclic) bond motifs is 1. The van der Waals surface area contributed by atoms with Gasteiger partial charge in [-0.3, -0.25) is 4.79 Å². The van der Waals surface area contributed by atoms with Crippen LogP contribution in [0.1, 0.15) is 11.1 Å². The summed E-state index contributed by atoms with van der Waals surface area (Å²) in [4.78, 5) is 23.0. The third-order valence-electron chi connectivity index (χ3n) is 3.67. The van der Waals surface area contributed by atoms with Gasteiger partial charge in [-0.25, -0.2) is 10.2 Å². The molecular weight excluding hydrogens is 352 g/mol. The summed E-state index contributed by atoms with van der Waals surface area (Å²) >= 11 is 0. The summed E-state index contributed by atoms with van der Waals surface area (Å²) < 4.78 is 20.3. The molecular formula is C19H18N2O6. The number of carbonyl (C=O) groups excluding carboxylic acids is 2. The number of nitrogens with one attached hydrogen (secondary N) is 1. The number of carbonyl (C=O) groups is 2. The molecule has 3 rings (SSSR count). The van der Waals surface area contributed by atoms with E-state index in [1.54, 1.807) is 36.4 Å². The Kier molecular flexibility index (Phi) is 5.88. The highest BCUT2D eigenvalue weighted by molar-refractivity contribution is 5.83. The predicted molar refractivity (Wildman–Crippen MR) is 96.0 cm³/mol. The zero-order valence-corrected chi connectivity index (χ0v) is 14.6. The van der Waals surface area contributed by atoms with E-state index < -0.39 is 5.97 Å². The molecule has 0 unspecified atom stereocenters. The molecule has 1 amide bonds. The van der Waals surface area contributed by atoms with E-state index in [9.17, 15) is 9.59 Å². The summed E-state index contributed by atoms with van der Waals surface area (Å²) in [5.74, 6) is 1.15. The van der Waals surface area contributed by atoms with Crippen LogP contribution < -0.4 is 19.6 Å². The lowest BCUT2D eigenvalue weighted by molar-refractivity contribution is -0.142. The van der Waals surface area contributed by atoms with Gasteiger partial charge in [0.15, 0.2) is 18.1 Å². The number of esters is 1. The van der Waals surface area contributed by atoms with Crippen LogP contribution in [0.25, 0.3) is 0 Å². The molecule has 0 bridgehead atoms. The fourth-order valence-corrected chi connectivity index (χ4v) is 2.31. The molecule has 0 saturated carbocycles. The predicted octanol–water partition coefficient (Wildman–Crippen LogP) is 1.66. The van der Waals surface area contributed by atoms with Crippen LogP contribution in [0.3, 0.4) is 0 Å². The van der Waals surface area contributed by atoms with Gasteiger partial charge in [-0.05, 0) is 47.5 Å². The number of methoxy groups -OCH3 is 1. The molecule has 0 radical (unpaired) electrons. The first-order chi connectivity index (χ1) is 13.1. The number of hydrazone groups is 1. The van der Waals surface area contributed by atoms with E-state index in [1.807, 2.05) is 6.07 Å². The van der Waals surface area contributed by atoms with E-state index in [-0.39, 0.29) is 25.7 Å². The van der Waals surface area contributed by atoms with Crippen molar-refractivity contribution in [3.05, 3.63) is 53.6 Å². The molecule has 8 nitrogen and oxygen atoms in total. The normalized spacial score (nSPS) is 12.0. The number of benzene rings is 2. The fraction of sp³-hybridized carbons (Fsp3) is 0.211. The van der Waals surface area contributed by atoms with E-state index in [2.05, 4.69) is 15.3 Å². The Hall–Kier alpha value is -3.55. The molecule has 1 aliphatic rings. The lowest BCUT2D eigenvalue weighted by Crippen LogP contribution is -2.19. The highest BCUT2D eigenvalue weighted by Gasteiger charge is 2.14. The number of hydrogen-bond donors (Lipinski definition) is 1. The maximum absolute atomic E-state index is 12.0. The maximum atomic E-state index is 12.0. The van der Waals surface area contributed by atoms with Gasteiger partial charge in [-0.1, -0.05) is 6.07 Å². The van der Waals surface area contributed by atoms with E-state index in [0.717, 1.165) is 11.1 Å². The summed E-state index contributed by atoms with van der Waals surface area (Å²) in [6.07, 6.45) is 1.69. The lowest BCUT2D eigenvalue weighted by Gasteiger charge is -2.04. The second-order valence-electron chi connectivity index (χ2n) is 5.59. The van der Waals surface area contributed by atoms with Crippen molar-refractivity contribution in [1.29, 1.82) is 0 Å². The zero-order valence-electron chi connectivity index (χ0n) is 14.6. The molecule has 1 N–H and O–H groups in total. The van der Waals surface area contributed by atoms with Crippen molar-refractivity contribution in [2.45, 2.75) is 6.42 Å². The average Bonchev–Trinajstić information content (AvgIpc) is 3.15. The van der Waals surface area contributed by atoms with Gasteiger partial charge in [0.2, 0.25) is 12.7 Å². The quantitative estimate of drug-likeness (QED) is 0.452. The van der Waals surface area contributed by atoms with Crippen molar-refractivity contribution < 1.29 is 28.5 Å². The zero-order chi connectivity index (χ0) is 19.1. The smallest absolute Gasteiger partial charge is 0.343 e. The summed E-state index contributed by atoms with van der Waals surface area (Å²) in [6.45, 7) is 0.0433. The van der Waals surface area contributed by atoms with Crippen molar-refractivity contribution in [3.63, 3.8) is 0 Å². The lowest BCUT2D eigenvalue weighted by atomic mass is 10.1. The molecule has 140 valence electrons. The highest BCUT2D eigenvalue weighted by atomic mass is 16.7. The maximum Gasteiger partial charge on any atom is 0.343 e. The van der Waals surface area contributed by atoms with E-state index in [0.29, 0.717) is 17.2 Å². The van der Waals surface area contributed by atoms with Gasteiger partial charge in [-0.15, -0.1) is 0 Å². The van der Waals surface area contributed by atoms with Crippen molar-refractivity contribution in [2.24, 2.45) is 5.10 Å². The van der Waals surface area contributed by atoms with Crippen LogP contribution in [0.2, 0.25) is 0 Å². The number of nitrogens with zero attached hydrogens (tertiary/aromatic N) is 1. The minimum Gasteiger partial charge on any atom is -0.482 e. The molecule has 1 heterocycles. The summed E-state index contributed by atoms with van der Waals surface area (Å²) in [6, 6.07) is 12.2. The molecule has 2 aromatic carbocycles. The van der Waals surface area contributed by atoms with Gasteiger partial charge < -0.3 is 18.9 Å². The van der Waals surface area contributed by atoms with Crippen molar-refractivity contribution in [2.75, 3.05) is 20.5 Å². The summed E-state index contributed by atoms with van der Waals surface area (Å²) in [5.41, 5.74) is 4.05. The Morgan fingerprint density at radius 2 is 1.93 bits per heavy atom. The van der Waals surface area contributed by atoms with Crippen LogP contribution >= 0.6 is 0 Å². The minimum absolute atomic E-state index is 0.153. The molecule has 0 atom stereocenters. The first-order valence-corrected chi connectivity index (χ1v) is 8.14. The van der Waals surface area contributed by atoms with Crippen LogP contribution in [0.5, 0.6) is 17.2 Å². The van der Waals surface area contributed by atoms with Crippen LogP contribution in [0.4, 0.5) is 0 Å². The molecule has 2 aromatic rings. The van der Waals surface area contributed by atoms with Gasteiger partial charge in [0.05, 0.1) is 19.7 Å². The Morgan fingerprint density at radius 3 is 2.70 bits per heavy atom. The molecule has 0 aliphatic carbocycles. The third kappa shape index (κ3) is 5.21. The van der Waals surface area contributed by atoms with Crippen LogP contribution in [-0.2, 0) is 20.7 Å². The van der Waals surface area contributed by atoms with E-state index >= 15 is 0 Å². The van der Waals surface area contributed by atoms with Crippen molar-refractivity contribution in [3.8, 4) is 17.2 Å². The molecule has 1 aliphatic heterocycles. The Bertz CT molecular complexity index is 848. The van der Waals surface area contributed by atoms with E-state index in [4.69, 9.17) is 14.2 Å². The van der Waals surface area contributed by atoms with Crippen molar-refractivity contribution in [1.82, 2.24) is 5.43 Å². The number of hydrogen-bond acceptors (Lipinski definition) is 7. The van der Waals surface area contributed by atoms with Gasteiger partial charge in [0.1, 0.15) is 5.75 Å². The van der Waals surface area contributed by atoms with Gasteiger partial charge in [0, 0.05) is 0 Å². The Morgan fingerprint density at radius 1 is 1.15 bits per heavy atom. The summed E-state index contributed by atoms with van der Waals surface area (Å²) in [5, 5.41) is 3.93. The van der Waals surface area contributed by atoms with Gasteiger partial charge in [-0.2, -0.15) is 5.10 Å². The van der Waals surface area contributed by atoms with E-state index in [1.165, 1.54) is 13.3 Å². The molecule has 0 aromatic heterocycles. The monoisotopic (exact) mass is 370 g/mol. The van der Waals surface area contributed by atoms with Crippen molar-refractivity contribution >= 4 is 18.1 Å². The fourth-order valence-electron chi connectivity index (χ4n) is 2.31. The first kappa shape index (κ1) is 18.2. The van der Waals surface area contributed by atoms with Gasteiger partial charge in [0.25, 0.3) is 0 Å². The molecule has 8 heteroatoms. The Balaban J connectivity index is 1.47. The highest BCUT2D eigenvalue weighted by Crippen LogP contribution is 2.32. The first-order valence-electron chi connectivity index (χ1n) is 8.14. The van der Waals surface area contributed by atoms with Crippen LogP contribution in [-0.4, -0.2) is 38.6 Å². The molecule has 27 heavy (non-hydrogen) atoms. The Labute approximate surface area is 155 Å². The molecule has 0 spiro atoms. The second-order valence-corrected chi connectivity index (χ2v) is 5.59. The SMILES string of the molecule is COC(=O)COc1ccc(/C=N\NC(=O)Cc2ccc3c(c2)OCO3)cc1. The summed E-state index contributed by atoms with van der Waals surface area (Å²) in [7, 11) is 1.30. The minimum atomic E-state index is -0.453. The largest absolute Gasteiger partial charge is 0.482 e. The molecule has 0 fully saturated rings. The van der Waals surface area contributed by atoms with Crippen LogP contribution in [0.15, 0.2) is 47.6 Å². The number of rotatable bonds is 7. The molecule has 0 saturated heterocycles. The topological polar surface area (TPSA) is 95.5 Å². The number of ether oxygens (including phenoxy) is 4. The second kappa shape index (κ2) is 8.70.